The van der Waals surface area contributed by atoms with E-state index in [4.69, 9.17) is 5.11 Å². The average Bonchev–Trinajstić information content (AvgIpc) is 2.33. The molecule has 0 saturated carbocycles. The number of rotatable bonds is 3. The summed E-state index contributed by atoms with van der Waals surface area (Å²) >= 11 is 3.35. The lowest BCUT2D eigenvalue weighted by molar-refractivity contribution is 0.0696. The molecule has 0 aliphatic heterocycles. The van der Waals surface area contributed by atoms with E-state index in [0.29, 0.717) is 5.82 Å². The first-order valence-electron chi connectivity index (χ1n) is 4.87. The highest BCUT2D eigenvalue weighted by atomic mass is 79.9. The van der Waals surface area contributed by atoms with Crippen LogP contribution in [0.1, 0.15) is 10.4 Å². The Kier molecular flexibility index (Phi) is 3.39. The number of halogens is 1. The molecule has 0 bridgehead atoms. The number of anilines is 2. The molecule has 2 aromatic rings. The van der Waals surface area contributed by atoms with Gasteiger partial charge in [-0.25, -0.2) is 9.78 Å². The molecule has 0 unspecified atom stereocenters. The van der Waals surface area contributed by atoms with Crippen molar-refractivity contribution in [3.05, 3.63) is 52.6 Å². The van der Waals surface area contributed by atoms with Gasteiger partial charge in [0.25, 0.3) is 0 Å². The molecule has 0 saturated heterocycles. The highest BCUT2D eigenvalue weighted by Crippen LogP contribution is 2.17. The summed E-state index contributed by atoms with van der Waals surface area (Å²) in [5.74, 6) is -0.370. The predicted octanol–water partition coefficient (Wildman–Crippen LogP) is 3.29. The number of aromatic nitrogens is 1. The number of carbonyl (C=O) groups is 1. The molecule has 0 aliphatic rings. The molecule has 0 radical (unpaired) electrons. The predicted molar refractivity (Wildman–Crippen MR) is 68.6 cm³/mol. The van der Waals surface area contributed by atoms with Crippen LogP contribution in [0.5, 0.6) is 0 Å². The number of carboxylic acid groups (broad SMARTS) is 1. The Morgan fingerprint density at radius 3 is 2.41 bits per heavy atom. The standard InChI is InChI=1S/C12H9BrN2O2/c13-9-2-4-10(5-3-9)15-11-6-1-8(7-14-11)12(16)17/h1-7H,(H,14,15)(H,16,17). The molecular weight excluding hydrogens is 284 g/mol. The van der Waals surface area contributed by atoms with E-state index in [-0.39, 0.29) is 5.56 Å². The first-order valence-corrected chi connectivity index (χ1v) is 5.66. The second kappa shape index (κ2) is 4.97. The lowest BCUT2D eigenvalue weighted by Crippen LogP contribution is -1.99. The van der Waals surface area contributed by atoms with E-state index in [1.54, 1.807) is 6.07 Å². The molecule has 5 heteroatoms. The highest BCUT2D eigenvalue weighted by molar-refractivity contribution is 9.10. The van der Waals surface area contributed by atoms with Crippen molar-refractivity contribution in [3.8, 4) is 0 Å². The monoisotopic (exact) mass is 292 g/mol. The molecule has 0 fully saturated rings. The molecule has 1 aromatic heterocycles. The van der Waals surface area contributed by atoms with E-state index < -0.39 is 5.97 Å². The van der Waals surface area contributed by atoms with Crippen LogP contribution < -0.4 is 5.32 Å². The summed E-state index contributed by atoms with van der Waals surface area (Å²) < 4.78 is 0.997. The van der Waals surface area contributed by atoms with E-state index in [1.165, 1.54) is 12.3 Å². The van der Waals surface area contributed by atoms with Gasteiger partial charge in [0.2, 0.25) is 0 Å². The summed E-state index contributed by atoms with van der Waals surface area (Å²) in [5.41, 5.74) is 1.06. The van der Waals surface area contributed by atoms with Crippen LogP contribution in [0, 0.1) is 0 Å². The highest BCUT2D eigenvalue weighted by Gasteiger charge is 2.02. The summed E-state index contributed by atoms with van der Waals surface area (Å²) in [6.07, 6.45) is 1.32. The van der Waals surface area contributed by atoms with Gasteiger partial charge in [-0.05, 0) is 36.4 Å². The van der Waals surface area contributed by atoms with Crippen LogP contribution in [0.4, 0.5) is 11.5 Å². The maximum atomic E-state index is 10.6. The Bertz CT molecular complexity index is 523. The number of hydrogen-bond donors (Lipinski definition) is 2. The van der Waals surface area contributed by atoms with Crippen molar-refractivity contribution in [2.75, 3.05) is 5.32 Å². The third kappa shape index (κ3) is 3.04. The molecule has 0 spiro atoms. The molecule has 0 amide bonds. The van der Waals surface area contributed by atoms with Gasteiger partial charge < -0.3 is 10.4 Å². The SMILES string of the molecule is O=C(O)c1ccc(Nc2ccc(Br)cc2)nc1. The van der Waals surface area contributed by atoms with Gasteiger partial charge in [0.05, 0.1) is 5.56 Å². The van der Waals surface area contributed by atoms with Gasteiger partial charge in [-0.1, -0.05) is 15.9 Å². The van der Waals surface area contributed by atoms with Crippen molar-refractivity contribution in [2.45, 2.75) is 0 Å². The number of carboxylic acids is 1. The molecule has 86 valence electrons. The molecule has 2 N–H and O–H groups in total. The van der Waals surface area contributed by atoms with Gasteiger partial charge in [-0.3, -0.25) is 0 Å². The molecule has 2 rings (SSSR count). The summed E-state index contributed by atoms with van der Waals surface area (Å²) in [4.78, 5) is 14.7. The van der Waals surface area contributed by atoms with Gasteiger partial charge >= 0.3 is 5.97 Å². The minimum atomic E-state index is -0.979. The largest absolute Gasteiger partial charge is 0.478 e. The van der Waals surface area contributed by atoms with Crippen molar-refractivity contribution in [1.82, 2.24) is 4.98 Å². The minimum absolute atomic E-state index is 0.173. The van der Waals surface area contributed by atoms with Crippen LogP contribution in [0.15, 0.2) is 47.1 Å². The van der Waals surface area contributed by atoms with Crippen molar-refractivity contribution in [3.63, 3.8) is 0 Å². The Hall–Kier alpha value is -1.88. The zero-order valence-electron chi connectivity index (χ0n) is 8.72. The third-order valence-electron chi connectivity index (χ3n) is 2.13. The molecule has 1 heterocycles. The second-order valence-corrected chi connectivity index (χ2v) is 4.28. The van der Waals surface area contributed by atoms with E-state index in [2.05, 4.69) is 26.2 Å². The van der Waals surface area contributed by atoms with Crippen molar-refractivity contribution in [2.24, 2.45) is 0 Å². The van der Waals surface area contributed by atoms with Crippen LogP contribution in [0.25, 0.3) is 0 Å². The molecule has 0 atom stereocenters. The number of pyridine rings is 1. The van der Waals surface area contributed by atoms with Crippen molar-refractivity contribution >= 4 is 33.4 Å². The number of hydrogen-bond acceptors (Lipinski definition) is 3. The van der Waals surface area contributed by atoms with Gasteiger partial charge in [-0.2, -0.15) is 0 Å². The van der Waals surface area contributed by atoms with E-state index >= 15 is 0 Å². The summed E-state index contributed by atoms with van der Waals surface area (Å²) in [5, 5.41) is 11.8. The van der Waals surface area contributed by atoms with E-state index in [1.807, 2.05) is 24.3 Å². The van der Waals surface area contributed by atoms with Gasteiger partial charge in [0.1, 0.15) is 5.82 Å². The molecular formula is C12H9BrN2O2. The fraction of sp³-hybridized carbons (Fsp3) is 0. The minimum Gasteiger partial charge on any atom is -0.478 e. The van der Waals surface area contributed by atoms with Crippen LogP contribution in [0.2, 0.25) is 0 Å². The smallest absolute Gasteiger partial charge is 0.337 e. The quantitative estimate of drug-likeness (QED) is 0.911. The third-order valence-corrected chi connectivity index (χ3v) is 2.66. The molecule has 17 heavy (non-hydrogen) atoms. The van der Waals surface area contributed by atoms with Crippen LogP contribution in [-0.2, 0) is 0 Å². The molecule has 0 aliphatic carbocycles. The van der Waals surface area contributed by atoms with Gasteiger partial charge in [-0.15, -0.1) is 0 Å². The Morgan fingerprint density at radius 1 is 1.18 bits per heavy atom. The fourth-order valence-corrected chi connectivity index (χ4v) is 1.54. The molecule has 1 aromatic carbocycles. The number of aromatic carboxylic acids is 1. The van der Waals surface area contributed by atoms with Gasteiger partial charge in [0, 0.05) is 16.4 Å². The first-order chi connectivity index (χ1) is 8.15. The van der Waals surface area contributed by atoms with Crippen LogP contribution in [-0.4, -0.2) is 16.1 Å². The summed E-state index contributed by atoms with van der Waals surface area (Å²) in [7, 11) is 0. The number of benzene rings is 1. The lowest BCUT2D eigenvalue weighted by Gasteiger charge is -2.05. The topological polar surface area (TPSA) is 62.2 Å². The Labute approximate surface area is 106 Å². The van der Waals surface area contributed by atoms with Crippen LogP contribution in [0.3, 0.4) is 0 Å². The van der Waals surface area contributed by atoms with Crippen molar-refractivity contribution in [1.29, 1.82) is 0 Å². The zero-order valence-corrected chi connectivity index (χ0v) is 10.3. The van der Waals surface area contributed by atoms with E-state index in [9.17, 15) is 4.79 Å². The second-order valence-electron chi connectivity index (χ2n) is 3.37. The van der Waals surface area contributed by atoms with E-state index in [0.717, 1.165) is 10.2 Å². The normalized spacial score (nSPS) is 9.94. The van der Waals surface area contributed by atoms with Gasteiger partial charge in [0.15, 0.2) is 0 Å². The van der Waals surface area contributed by atoms with Crippen molar-refractivity contribution < 1.29 is 9.90 Å². The Morgan fingerprint density at radius 2 is 1.88 bits per heavy atom. The summed E-state index contributed by atoms with van der Waals surface area (Å²) in [6.45, 7) is 0. The number of nitrogens with one attached hydrogen (secondary N) is 1. The number of nitrogens with zero attached hydrogens (tertiary/aromatic N) is 1. The fourth-order valence-electron chi connectivity index (χ4n) is 1.28. The Balaban J connectivity index is 2.13. The zero-order chi connectivity index (χ0) is 12.3. The maximum absolute atomic E-state index is 10.6. The lowest BCUT2D eigenvalue weighted by atomic mass is 10.3. The average molecular weight is 293 g/mol. The maximum Gasteiger partial charge on any atom is 0.337 e. The summed E-state index contributed by atoms with van der Waals surface area (Å²) in [6, 6.07) is 10.8. The first kappa shape index (κ1) is 11.6. The van der Waals surface area contributed by atoms with Crippen LogP contribution >= 0.6 is 15.9 Å². The molecule has 4 nitrogen and oxygen atoms in total.